The average molecular weight is 272 g/mol. The maximum atomic E-state index is 5.47. The van der Waals surface area contributed by atoms with E-state index < -0.39 is 0 Å². The van der Waals surface area contributed by atoms with E-state index in [1.54, 1.807) is 6.20 Å². The lowest BCUT2D eigenvalue weighted by Gasteiger charge is -2.33. The molecule has 0 radical (unpaired) electrons. The van der Waals surface area contributed by atoms with Crippen LogP contribution in [-0.4, -0.2) is 29.1 Å². The summed E-state index contributed by atoms with van der Waals surface area (Å²) in [7, 11) is 0. The predicted octanol–water partition coefficient (Wildman–Crippen LogP) is 2.14. The van der Waals surface area contributed by atoms with E-state index >= 15 is 0 Å². The molecule has 0 bridgehead atoms. The van der Waals surface area contributed by atoms with E-state index in [0.717, 1.165) is 43.4 Å². The van der Waals surface area contributed by atoms with Gasteiger partial charge in [0.15, 0.2) is 0 Å². The predicted molar refractivity (Wildman–Crippen MR) is 77.6 cm³/mol. The number of nitrogens with zero attached hydrogens (tertiary/aromatic N) is 3. The first-order valence-corrected chi connectivity index (χ1v) is 7.12. The van der Waals surface area contributed by atoms with Crippen molar-refractivity contribution in [3.05, 3.63) is 42.2 Å². The molecule has 20 heavy (non-hydrogen) atoms. The molecule has 3 heterocycles. The molecule has 2 aromatic heterocycles. The summed E-state index contributed by atoms with van der Waals surface area (Å²) in [6.07, 6.45) is 5.86. The van der Waals surface area contributed by atoms with Gasteiger partial charge in [-0.1, -0.05) is 6.07 Å². The maximum absolute atomic E-state index is 5.47. The lowest BCUT2D eigenvalue weighted by Crippen LogP contribution is -2.42. The van der Waals surface area contributed by atoms with Crippen LogP contribution in [0.4, 0.5) is 5.82 Å². The summed E-state index contributed by atoms with van der Waals surface area (Å²) >= 11 is 0. The first-order chi connectivity index (χ1) is 9.81. The summed E-state index contributed by atoms with van der Waals surface area (Å²) in [6.45, 7) is 4.71. The normalized spacial score (nSPS) is 16.6. The quantitative estimate of drug-likeness (QED) is 0.924. The molecule has 1 saturated heterocycles. The van der Waals surface area contributed by atoms with Crippen molar-refractivity contribution in [1.29, 1.82) is 0 Å². The molecule has 106 valence electrons. The van der Waals surface area contributed by atoms with Crippen LogP contribution in [0, 0.1) is 6.92 Å². The van der Waals surface area contributed by atoms with E-state index in [-0.39, 0.29) is 0 Å². The molecule has 2 aromatic rings. The van der Waals surface area contributed by atoms with Gasteiger partial charge in [-0.3, -0.25) is 0 Å². The van der Waals surface area contributed by atoms with Crippen LogP contribution in [0.3, 0.4) is 0 Å². The fourth-order valence-electron chi connectivity index (χ4n) is 2.57. The van der Waals surface area contributed by atoms with Gasteiger partial charge in [0, 0.05) is 25.3 Å². The zero-order valence-corrected chi connectivity index (χ0v) is 11.7. The first-order valence-electron chi connectivity index (χ1n) is 7.12. The molecular weight excluding hydrogens is 252 g/mol. The number of anilines is 1. The summed E-state index contributed by atoms with van der Waals surface area (Å²) in [5.41, 5.74) is 0. The van der Waals surface area contributed by atoms with Crippen molar-refractivity contribution in [3.63, 3.8) is 0 Å². The third-order valence-electron chi connectivity index (χ3n) is 3.68. The lowest BCUT2D eigenvalue weighted by atomic mass is 10.1. The largest absolute Gasteiger partial charge is 0.445 e. The van der Waals surface area contributed by atoms with Crippen molar-refractivity contribution in [2.24, 2.45) is 0 Å². The van der Waals surface area contributed by atoms with Crippen LogP contribution in [-0.2, 0) is 6.54 Å². The van der Waals surface area contributed by atoms with E-state index in [2.05, 4.69) is 26.3 Å². The Morgan fingerprint density at radius 2 is 2.15 bits per heavy atom. The molecule has 0 aliphatic carbocycles. The van der Waals surface area contributed by atoms with E-state index in [0.29, 0.717) is 12.6 Å². The van der Waals surface area contributed by atoms with Crippen LogP contribution in [0.1, 0.15) is 24.5 Å². The zero-order chi connectivity index (χ0) is 13.8. The fourth-order valence-corrected chi connectivity index (χ4v) is 2.57. The second-order valence-corrected chi connectivity index (χ2v) is 5.19. The number of pyridine rings is 1. The van der Waals surface area contributed by atoms with Gasteiger partial charge in [0.25, 0.3) is 0 Å². The smallest absolute Gasteiger partial charge is 0.208 e. The van der Waals surface area contributed by atoms with Gasteiger partial charge in [0.05, 0.1) is 12.7 Å². The molecule has 1 N–H and O–H groups in total. The summed E-state index contributed by atoms with van der Waals surface area (Å²) < 4.78 is 5.47. The van der Waals surface area contributed by atoms with Gasteiger partial charge >= 0.3 is 0 Å². The Labute approximate surface area is 119 Å². The highest BCUT2D eigenvalue weighted by Gasteiger charge is 2.19. The molecule has 0 amide bonds. The van der Waals surface area contributed by atoms with Gasteiger partial charge < -0.3 is 14.6 Å². The second kappa shape index (κ2) is 6.05. The zero-order valence-electron chi connectivity index (χ0n) is 11.7. The van der Waals surface area contributed by atoms with E-state index in [1.807, 2.05) is 25.3 Å². The van der Waals surface area contributed by atoms with Crippen LogP contribution in [0.2, 0.25) is 0 Å². The number of piperidine rings is 1. The van der Waals surface area contributed by atoms with Gasteiger partial charge in [0.1, 0.15) is 11.6 Å². The molecule has 5 nitrogen and oxygen atoms in total. The molecule has 1 fully saturated rings. The molecule has 0 spiro atoms. The van der Waals surface area contributed by atoms with Crippen molar-refractivity contribution in [2.75, 3.05) is 18.0 Å². The SMILES string of the molecule is Cc1cnc(CNC2CCN(c3ccccn3)CC2)o1. The van der Waals surface area contributed by atoms with Crippen molar-refractivity contribution in [3.8, 4) is 0 Å². The summed E-state index contributed by atoms with van der Waals surface area (Å²) in [5.74, 6) is 2.72. The topological polar surface area (TPSA) is 54.2 Å². The minimum absolute atomic E-state index is 0.530. The fraction of sp³-hybridized carbons (Fsp3) is 0.467. The van der Waals surface area contributed by atoms with Gasteiger partial charge in [-0.05, 0) is 31.9 Å². The van der Waals surface area contributed by atoms with Crippen LogP contribution >= 0.6 is 0 Å². The third-order valence-corrected chi connectivity index (χ3v) is 3.68. The van der Waals surface area contributed by atoms with Crippen molar-refractivity contribution in [1.82, 2.24) is 15.3 Å². The highest BCUT2D eigenvalue weighted by Crippen LogP contribution is 2.17. The second-order valence-electron chi connectivity index (χ2n) is 5.19. The Morgan fingerprint density at radius 1 is 1.30 bits per heavy atom. The van der Waals surface area contributed by atoms with Crippen molar-refractivity contribution in [2.45, 2.75) is 32.4 Å². The minimum atomic E-state index is 0.530. The van der Waals surface area contributed by atoms with Gasteiger partial charge in [-0.2, -0.15) is 0 Å². The molecule has 3 rings (SSSR count). The van der Waals surface area contributed by atoms with Crippen LogP contribution in [0.5, 0.6) is 0 Å². The Bertz CT molecular complexity index is 532. The van der Waals surface area contributed by atoms with E-state index in [9.17, 15) is 0 Å². The standard InChI is InChI=1S/C15H20N4O/c1-12-10-18-15(20-12)11-17-13-5-8-19(9-6-13)14-4-2-3-7-16-14/h2-4,7,10,13,17H,5-6,8-9,11H2,1H3. The van der Waals surface area contributed by atoms with E-state index in [1.165, 1.54) is 0 Å². The molecule has 5 heteroatoms. The van der Waals surface area contributed by atoms with Crippen LogP contribution < -0.4 is 10.2 Å². The number of hydrogen-bond acceptors (Lipinski definition) is 5. The Kier molecular flexibility index (Phi) is 3.97. The number of hydrogen-bond donors (Lipinski definition) is 1. The van der Waals surface area contributed by atoms with Crippen LogP contribution in [0.15, 0.2) is 35.0 Å². The first kappa shape index (κ1) is 13.1. The minimum Gasteiger partial charge on any atom is -0.445 e. The van der Waals surface area contributed by atoms with Crippen molar-refractivity contribution < 1.29 is 4.42 Å². The van der Waals surface area contributed by atoms with Crippen LogP contribution in [0.25, 0.3) is 0 Å². The summed E-state index contributed by atoms with van der Waals surface area (Å²) in [5, 5.41) is 3.52. The average Bonchev–Trinajstić information content (AvgIpc) is 2.92. The number of aromatic nitrogens is 2. The Morgan fingerprint density at radius 3 is 2.80 bits per heavy atom. The van der Waals surface area contributed by atoms with E-state index in [4.69, 9.17) is 4.42 Å². The number of aryl methyl sites for hydroxylation is 1. The molecule has 0 saturated carbocycles. The van der Waals surface area contributed by atoms with Crippen molar-refractivity contribution >= 4 is 5.82 Å². The Hall–Kier alpha value is -1.88. The molecule has 1 aliphatic rings. The highest BCUT2D eigenvalue weighted by atomic mass is 16.4. The number of rotatable bonds is 4. The molecular formula is C15H20N4O. The number of nitrogens with one attached hydrogen (secondary N) is 1. The molecule has 1 aliphatic heterocycles. The van der Waals surface area contributed by atoms with Gasteiger partial charge in [-0.25, -0.2) is 9.97 Å². The van der Waals surface area contributed by atoms with Gasteiger partial charge in [-0.15, -0.1) is 0 Å². The summed E-state index contributed by atoms with van der Waals surface area (Å²) in [6, 6.07) is 6.60. The third kappa shape index (κ3) is 3.17. The summed E-state index contributed by atoms with van der Waals surface area (Å²) in [4.78, 5) is 11.0. The molecule has 0 unspecified atom stereocenters. The molecule has 0 aromatic carbocycles. The molecule has 0 atom stereocenters. The maximum Gasteiger partial charge on any atom is 0.208 e. The Balaban J connectivity index is 1.47. The highest BCUT2D eigenvalue weighted by molar-refractivity contribution is 5.38. The lowest BCUT2D eigenvalue weighted by molar-refractivity contribution is 0.377. The van der Waals surface area contributed by atoms with Gasteiger partial charge in [0.2, 0.25) is 5.89 Å². The number of oxazole rings is 1. The monoisotopic (exact) mass is 272 g/mol.